The van der Waals surface area contributed by atoms with E-state index in [-0.39, 0.29) is 0 Å². The van der Waals surface area contributed by atoms with Gasteiger partial charge in [-0.1, -0.05) is 97.1 Å². The van der Waals surface area contributed by atoms with Gasteiger partial charge in [-0.3, -0.25) is 0 Å². The number of benzene rings is 7. The van der Waals surface area contributed by atoms with E-state index in [4.69, 9.17) is 0 Å². The van der Waals surface area contributed by atoms with Crippen molar-refractivity contribution in [1.82, 2.24) is 9.13 Å². The molecule has 186 valence electrons. The van der Waals surface area contributed by atoms with Gasteiger partial charge in [0, 0.05) is 32.9 Å². The van der Waals surface area contributed by atoms with Crippen molar-refractivity contribution in [3.8, 4) is 11.4 Å². The molecule has 0 saturated carbocycles. The van der Waals surface area contributed by atoms with Crippen LogP contribution in [0.2, 0.25) is 0 Å². The minimum absolute atomic E-state index is 1.18. The van der Waals surface area contributed by atoms with Crippen LogP contribution in [0.3, 0.4) is 0 Å². The van der Waals surface area contributed by atoms with Crippen LogP contribution in [0.15, 0.2) is 146 Å². The summed E-state index contributed by atoms with van der Waals surface area (Å²) in [5.74, 6) is 0. The number of hydrogen-bond acceptors (Lipinski definition) is 0. The summed E-state index contributed by atoms with van der Waals surface area (Å²) >= 11 is 0. The Morgan fingerprint density at radius 3 is 1.50 bits per heavy atom. The fraction of sp³-hybridized carbons (Fsp3) is 0. The largest absolute Gasteiger partial charge is 0.309 e. The van der Waals surface area contributed by atoms with Crippen LogP contribution in [-0.4, -0.2) is 9.13 Å². The monoisotopic (exact) mass is 508 g/mol. The molecule has 7 aromatic carbocycles. The van der Waals surface area contributed by atoms with E-state index >= 15 is 0 Å². The Labute approximate surface area is 230 Å². The summed E-state index contributed by atoms with van der Waals surface area (Å²) in [6.45, 7) is 0. The molecule has 2 nitrogen and oxygen atoms in total. The van der Waals surface area contributed by atoms with Gasteiger partial charge in [-0.15, -0.1) is 0 Å². The Bertz CT molecular complexity index is 2420. The van der Waals surface area contributed by atoms with Gasteiger partial charge in [0.1, 0.15) is 0 Å². The molecule has 2 aromatic heterocycles. The maximum absolute atomic E-state index is 2.44. The van der Waals surface area contributed by atoms with Gasteiger partial charge in [0.15, 0.2) is 0 Å². The highest BCUT2D eigenvalue weighted by Crippen LogP contribution is 2.40. The molecule has 9 rings (SSSR count). The van der Waals surface area contributed by atoms with E-state index in [1.807, 2.05) is 0 Å². The highest BCUT2D eigenvalue weighted by atomic mass is 15.0. The third-order valence-corrected chi connectivity index (χ3v) is 8.47. The van der Waals surface area contributed by atoms with Crippen molar-refractivity contribution in [3.63, 3.8) is 0 Å². The lowest BCUT2D eigenvalue weighted by Gasteiger charge is -2.11. The van der Waals surface area contributed by atoms with Crippen molar-refractivity contribution in [2.45, 2.75) is 0 Å². The van der Waals surface area contributed by atoms with E-state index in [0.717, 1.165) is 0 Å². The lowest BCUT2D eigenvalue weighted by Crippen LogP contribution is -1.95. The first-order chi connectivity index (χ1) is 19.8. The van der Waals surface area contributed by atoms with Crippen molar-refractivity contribution >= 4 is 65.2 Å². The Morgan fingerprint density at radius 2 is 0.800 bits per heavy atom. The molecule has 0 amide bonds. The molecule has 0 atom stereocenters. The molecule has 40 heavy (non-hydrogen) atoms. The molecular weight excluding hydrogens is 484 g/mol. The predicted octanol–water partition coefficient (Wildman–Crippen LogP) is 10.2. The zero-order valence-electron chi connectivity index (χ0n) is 21.8. The minimum Gasteiger partial charge on any atom is -0.309 e. The van der Waals surface area contributed by atoms with E-state index in [1.165, 1.54) is 76.5 Å². The summed E-state index contributed by atoms with van der Waals surface area (Å²) in [5, 5.41) is 10.2. The van der Waals surface area contributed by atoms with Crippen molar-refractivity contribution in [1.29, 1.82) is 0 Å². The fourth-order valence-electron chi connectivity index (χ4n) is 6.70. The van der Waals surface area contributed by atoms with Crippen LogP contribution in [0.5, 0.6) is 0 Å². The van der Waals surface area contributed by atoms with Gasteiger partial charge >= 0.3 is 0 Å². The molecule has 0 spiro atoms. The molecule has 0 fully saturated rings. The maximum Gasteiger partial charge on any atom is 0.0548 e. The van der Waals surface area contributed by atoms with Crippen LogP contribution in [0.4, 0.5) is 0 Å². The molecule has 0 bridgehead atoms. The number of fused-ring (bicyclic) bond motifs is 9. The van der Waals surface area contributed by atoms with E-state index in [9.17, 15) is 0 Å². The van der Waals surface area contributed by atoms with Crippen LogP contribution in [0, 0.1) is 0 Å². The SMILES string of the molecule is c1ccc(-n2c3ccccc3c3cc4c(cc32)c2ccccc2n4-c2ccc3c(ccc4ccccc43)c2)cc1. The number of para-hydroxylation sites is 3. The quantitative estimate of drug-likeness (QED) is 0.206. The average molecular weight is 509 g/mol. The molecule has 0 aliphatic carbocycles. The average Bonchev–Trinajstić information content (AvgIpc) is 3.52. The number of aromatic nitrogens is 2. The highest BCUT2D eigenvalue weighted by molar-refractivity contribution is 6.19. The van der Waals surface area contributed by atoms with Gasteiger partial charge < -0.3 is 9.13 Å². The van der Waals surface area contributed by atoms with E-state index in [2.05, 4.69) is 155 Å². The first-order valence-corrected chi connectivity index (χ1v) is 13.8. The third-order valence-electron chi connectivity index (χ3n) is 8.47. The zero-order valence-corrected chi connectivity index (χ0v) is 21.8. The van der Waals surface area contributed by atoms with Crippen molar-refractivity contribution < 1.29 is 0 Å². The molecule has 2 heterocycles. The maximum atomic E-state index is 2.44. The smallest absolute Gasteiger partial charge is 0.0548 e. The minimum atomic E-state index is 1.18. The van der Waals surface area contributed by atoms with Gasteiger partial charge in [0.25, 0.3) is 0 Å². The van der Waals surface area contributed by atoms with Crippen LogP contribution >= 0.6 is 0 Å². The molecule has 0 unspecified atom stereocenters. The summed E-state index contributed by atoms with van der Waals surface area (Å²) in [6, 6.07) is 53.1. The second kappa shape index (κ2) is 8.08. The normalized spacial score (nSPS) is 12.0. The Morgan fingerprint density at radius 1 is 0.275 bits per heavy atom. The fourth-order valence-corrected chi connectivity index (χ4v) is 6.70. The lowest BCUT2D eigenvalue weighted by molar-refractivity contribution is 1.18. The van der Waals surface area contributed by atoms with Crippen LogP contribution in [0.1, 0.15) is 0 Å². The molecule has 2 heteroatoms. The lowest BCUT2D eigenvalue weighted by atomic mass is 10.0. The van der Waals surface area contributed by atoms with Crippen molar-refractivity contribution in [3.05, 3.63) is 146 Å². The van der Waals surface area contributed by atoms with E-state index in [0.29, 0.717) is 0 Å². The molecule has 0 aliphatic heterocycles. The van der Waals surface area contributed by atoms with Gasteiger partial charge in [-0.05, 0) is 70.1 Å². The van der Waals surface area contributed by atoms with Crippen LogP contribution in [-0.2, 0) is 0 Å². The molecule has 0 N–H and O–H groups in total. The van der Waals surface area contributed by atoms with Crippen molar-refractivity contribution in [2.75, 3.05) is 0 Å². The van der Waals surface area contributed by atoms with E-state index < -0.39 is 0 Å². The van der Waals surface area contributed by atoms with E-state index in [1.54, 1.807) is 0 Å². The number of nitrogens with zero attached hydrogens (tertiary/aromatic N) is 2. The molecule has 0 aliphatic rings. The predicted molar refractivity (Wildman–Crippen MR) is 170 cm³/mol. The molecule has 0 saturated heterocycles. The summed E-state index contributed by atoms with van der Waals surface area (Å²) in [5.41, 5.74) is 7.27. The summed E-state index contributed by atoms with van der Waals surface area (Å²) in [7, 11) is 0. The Kier molecular flexibility index (Phi) is 4.36. The second-order valence-corrected chi connectivity index (χ2v) is 10.6. The first-order valence-electron chi connectivity index (χ1n) is 13.8. The Balaban J connectivity index is 1.40. The number of hydrogen-bond donors (Lipinski definition) is 0. The topological polar surface area (TPSA) is 9.86 Å². The van der Waals surface area contributed by atoms with Gasteiger partial charge in [-0.2, -0.15) is 0 Å². The molecule has 0 radical (unpaired) electrons. The van der Waals surface area contributed by atoms with Crippen LogP contribution < -0.4 is 0 Å². The third kappa shape index (κ3) is 2.93. The first kappa shape index (κ1) is 21.6. The summed E-state index contributed by atoms with van der Waals surface area (Å²) < 4.78 is 4.84. The van der Waals surface area contributed by atoms with Crippen molar-refractivity contribution in [2.24, 2.45) is 0 Å². The van der Waals surface area contributed by atoms with Gasteiger partial charge in [0.05, 0.1) is 22.1 Å². The molecular formula is C38H24N2. The number of rotatable bonds is 2. The summed E-state index contributed by atoms with van der Waals surface area (Å²) in [4.78, 5) is 0. The van der Waals surface area contributed by atoms with Gasteiger partial charge in [0.2, 0.25) is 0 Å². The van der Waals surface area contributed by atoms with Crippen LogP contribution in [0.25, 0.3) is 76.5 Å². The highest BCUT2D eigenvalue weighted by Gasteiger charge is 2.18. The second-order valence-electron chi connectivity index (χ2n) is 10.6. The summed E-state index contributed by atoms with van der Waals surface area (Å²) in [6.07, 6.45) is 0. The Hall–Kier alpha value is -5.34. The standard InChI is InChI=1S/C38H24N2/c1-2-11-27(12-3-1)39-35-16-8-6-14-31(35)33-24-38-34(23-37(33)39)32-15-7-9-17-36(32)40(38)28-20-21-30-26(22-28)19-18-25-10-4-5-13-29(25)30/h1-24H. The van der Waals surface area contributed by atoms with Gasteiger partial charge in [-0.25, -0.2) is 0 Å². The zero-order chi connectivity index (χ0) is 26.2. The molecule has 9 aromatic rings.